The molecule has 0 saturated carbocycles. The van der Waals surface area contributed by atoms with Crippen LogP contribution in [0.15, 0.2) is 0 Å². The van der Waals surface area contributed by atoms with E-state index in [0.717, 1.165) is 12.8 Å². The van der Waals surface area contributed by atoms with Gasteiger partial charge in [-0.2, -0.15) is 0 Å². The number of hydrogen-bond acceptors (Lipinski definition) is 3. The Morgan fingerprint density at radius 1 is 1.23 bits per heavy atom. The van der Waals surface area contributed by atoms with Crippen LogP contribution in [-0.4, -0.2) is 12.0 Å². The molecular weight excluding hydrogens is 166 g/mol. The molecule has 0 rings (SSSR count). The highest BCUT2D eigenvalue weighted by Gasteiger charge is 2.01. The van der Waals surface area contributed by atoms with E-state index < -0.39 is 12.0 Å². The largest absolute Gasteiger partial charge is 0.548 e. The zero-order valence-electron chi connectivity index (χ0n) is 8.42. The topological polar surface area (TPSA) is 66.2 Å². The SMILES string of the molecule is CCCCCCCCC(N)C(=O)[O-]. The highest BCUT2D eigenvalue weighted by molar-refractivity contribution is 5.70. The van der Waals surface area contributed by atoms with Crippen molar-refractivity contribution in [1.82, 2.24) is 0 Å². The fraction of sp³-hybridized carbons (Fsp3) is 0.900. The number of rotatable bonds is 8. The third-order valence-electron chi connectivity index (χ3n) is 2.17. The van der Waals surface area contributed by atoms with Gasteiger partial charge in [-0.1, -0.05) is 45.4 Å². The average molecular weight is 186 g/mol. The van der Waals surface area contributed by atoms with Gasteiger partial charge in [-0.3, -0.25) is 0 Å². The summed E-state index contributed by atoms with van der Waals surface area (Å²) in [5, 5.41) is 10.2. The Morgan fingerprint density at radius 3 is 2.31 bits per heavy atom. The van der Waals surface area contributed by atoms with Crippen molar-refractivity contribution in [2.75, 3.05) is 0 Å². The lowest BCUT2D eigenvalue weighted by Gasteiger charge is -2.11. The first kappa shape index (κ1) is 12.4. The minimum absolute atomic E-state index is 0.550. The predicted molar refractivity (Wildman–Crippen MR) is 51.0 cm³/mol. The Morgan fingerprint density at radius 2 is 1.77 bits per heavy atom. The number of carbonyl (C=O) groups excluding carboxylic acids is 1. The summed E-state index contributed by atoms with van der Waals surface area (Å²) in [6, 6.07) is -0.772. The molecule has 0 fully saturated rings. The molecule has 0 aromatic carbocycles. The van der Waals surface area contributed by atoms with Gasteiger partial charge in [0.15, 0.2) is 0 Å². The van der Waals surface area contributed by atoms with Gasteiger partial charge in [0.1, 0.15) is 0 Å². The second-order valence-corrected chi connectivity index (χ2v) is 3.48. The Labute approximate surface area is 80.3 Å². The van der Waals surface area contributed by atoms with E-state index in [1.807, 2.05) is 0 Å². The van der Waals surface area contributed by atoms with Crippen molar-refractivity contribution >= 4 is 5.97 Å². The van der Waals surface area contributed by atoms with E-state index in [9.17, 15) is 9.90 Å². The summed E-state index contributed by atoms with van der Waals surface area (Å²) in [4.78, 5) is 10.2. The summed E-state index contributed by atoms with van der Waals surface area (Å²) in [5.74, 6) is -1.13. The number of carboxylic acid groups (broad SMARTS) is 1. The minimum atomic E-state index is -1.13. The van der Waals surface area contributed by atoms with E-state index in [-0.39, 0.29) is 0 Å². The van der Waals surface area contributed by atoms with E-state index >= 15 is 0 Å². The van der Waals surface area contributed by atoms with Crippen LogP contribution >= 0.6 is 0 Å². The van der Waals surface area contributed by atoms with E-state index in [4.69, 9.17) is 5.73 Å². The molecule has 3 nitrogen and oxygen atoms in total. The van der Waals surface area contributed by atoms with Crippen LogP contribution in [-0.2, 0) is 4.79 Å². The molecule has 0 aliphatic heterocycles. The van der Waals surface area contributed by atoms with Gasteiger partial charge < -0.3 is 15.6 Å². The molecule has 0 aliphatic carbocycles. The smallest absolute Gasteiger partial charge is 0.0582 e. The third-order valence-corrected chi connectivity index (χ3v) is 2.17. The van der Waals surface area contributed by atoms with Gasteiger partial charge in [0.2, 0.25) is 0 Å². The van der Waals surface area contributed by atoms with Crippen LogP contribution < -0.4 is 10.8 Å². The zero-order valence-corrected chi connectivity index (χ0v) is 8.42. The van der Waals surface area contributed by atoms with Gasteiger partial charge in [0, 0.05) is 6.04 Å². The van der Waals surface area contributed by atoms with Crippen molar-refractivity contribution in [2.45, 2.75) is 57.9 Å². The highest BCUT2D eigenvalue weighted by atomic mass is 16.4. The second-order valence-electron chi connectivity index (χ2n) is 3.48. The van der Waals surface area contributed by atoms with Crippen molar-refractivity contribution in [3.63, 3.8) is 0 Å². The number of nitrogens with two attached hydrogens (primary N) is 1. The Kier molecular flexibility index (Phi) is 7.69. The van der Waals surface area contributed by atoms with Crippen LogP contribution in [0.25, 0.3) is 0 Å². The predicted octanol–water partition coefficient (Wildman–Crippen LogP) is 0.814. The lowest BCUT2D eigenvalue weighted by molar-refractivity contribution is -0.307. The first-order chi connectivity index (χ1) is 6.18. The Bertz CT molecular complexity index is 137. The number of carboxylic acids is 1. The van der Waals surface area contributed by atoms with Crippen molar-refractivity contribution < 1.29 is 9.90 Å². The maximum Gasteiger partial charge on any atom is 0.0582 e. The quantitative estimate of drug-likeness (QED) is 0.570. The molecule has 0 aromatic rings. The molecule has 13 heavy (non-hydrogen) atoms. The van der Waals surface area contributed by atoms with Crippen LogP contribution in [0.3, 0.4) is 0 Å². The Balaban J connectivity index is 3.11. The Hall–Kier alpha value is -0.570. The lowest BCUT2D eigenvalue weighted by Crippen LogP contribution is -2.41. The van der Waals surface area contributed by atoms with Crippen LogP contribution in [0.2, 0.25) is 0 Å². The summed E-state index contributed by atoms with van der Waals surface area (Å²) < 4.78 is 0. The normalized spacial score (nSPS) is 12.8. The molecule has 0 amide bonds. The molecule has 0 bridgehead atoms. The van der Waals surface area contributed by atoms with Crippen LogP contribution in [0.4, 0.5) is 0 Å². The molecule has 0 aliphatic rings. The van der Waals surface area contributed by atoms with Crippen molar-refractivity contribution in [2.24, 2.45) is 5.73 Å². The van der Waals surface area contributed by atoms with Crippen molar-refractivity contribution in [3.05, 3.63) is 0 Å². The summed E-state index contributed by atoms with van der Waals surface area (Å²) in [6.45, 7) is 2.17. The fourth-order valence-corrected chi connectivity index (χ4v) is 1.26. The number of hydrogen-bond donors (Lipinski definition) is 1. The minimum Gasteiger partial charge on any atom is -0.548 e. The molecule has 2 N–H and O–H groups in total. The average Bonchev–Trinajstić information content (AvgIpc) is 2.10. The van der Waals surface area contributed by atoms with Gasteiger partial charge in [-0.25, -0.2) is 0 Å². The van der Waals surface area contributed by atoms with Gasteiger partial charge >= 0.3 is 0 Å². The molecule has 1 unspecified atom stereocenters. The van der Waals surface area contributed by atoms with Gasteiger partial charge in [0.05, 0.1) is 5.97 Å². The highest BCUT2D eigenvalue weighted by Crippen LogP contribution is 2.07. The molecule has 0 heterocycles. The van der Waals surface area contributed by atoms with Gasteiger partial charge in [-0.15, -0.1) is 0 Å². The van der Waals surface area contributed by atoms with Gasteiger partial charge in [0.25, 0.3) is 0 Å². The molecule has 0 aromatic heterocycles. The monoisotopic (exact) mass is 186 g/mol. The standard InChI is InChI=1S/C10H21NO2/c1-2-3-4-5-6-7-8-9(11)10(12)13/h9H,2-8,11H2,1H3,(H,12,13)/p-1. The first-order valence-corrected chi connectivity index (χ1v) is 5.15. The molecule has 78 valence electrons. The van der Waals surface area contributed by atoms with E-state index in [1.165, 1.54) is 25.7 Å². The maximum absolute atomic E-state index is 10.2. The summed E-state index contributed by atoms with van der Waals surface area (Å²) in [7, 11) is 0. The zero-order chi connectivity index (χ0) is 10.1. The number of unbranched alkanes of at least 4 members (excludes halogenated alkanes) is 5. The maximum atomic E-state index is 10.2. The van der Waals surface area contributed by atoms with Gasteiger partial charge in [-0.05, 0) is 6.42 Å². The first-order valence-electron chi connectivity index (χ1n) is 5.15. The van der Waals surface area contributed by atoms with E-state index in [0.29, 0.717) is 6.42 Å². The lowest BCUT2D eigenvalue weighted by atomic mass is 10.1. The molecule has 0 radical (unpaired) electrons. The third kappa shape index (κ3) is 7.78. The number of aliphatic carboxylic acids is 1. The molecule has 3 heteroatoms. The fourth-order valence-electron chi connectivity index (χ4n) is 1.26. The van der Waals surface area contributed by atoms with Crippen molar-refractivity contribution in [3.8, 4) is 0 Å². The summed E-state index contributed by atoms with van der Waals surface area (Å²) >= 11 is 0. The molecule has 1 atom stereocenters. The van der Waals surface area contributed by atoms with E-state index in [1.54, 1.807) is 0 Å². The molecular formula is C10H20NO2-. The van der Waals surface area contributed by atoms with Crippen LogP contribution in [0.1, 0.15) is 51.9 Å². The van der Waals surface area contributed by atoms with Crippen LogP contribution in [0.5, 0.6) is 0 Å². The second kappa shape index (κ2) is 8.05. The summed E-state index contributed by atoms with van der Waals surface area (Å²) in [6.07, 6.45) is 7.48. The number of carbonyl (C=O) groups is 1. The molecule has 0 saturated heterocycles. The van der Waals surface area contributed by atoms with Crippen molar-refractivity contribution in [1.29, 1.82) is 0 Å². The molecule has 0 spiro atoms. The van der Waals surface area contributed by atoms with E-state index in [2.05, 4.69) is 6.92 Å². The van der Waals surface area contributed by atoms with Crippen LogP contribution in [0, 0.1) is 0 Å². The summed E-state index contributed by atoms with van der Waals surface area (Å²) in [5.41, 5.74) is 5.30.